The van der Waals surface area contributed by atoms with Crippen LogP contribution in [0.15, 0.2) is 27.8 Å². The Hall–Kier alpha value is -1.80. The van der Waals surface area contributed by atoms with Crippen LogP contribution in [-0.4, -0.2) is 21.9 Å². The molecule has 1 aromatic carbocycles. The van der Waals surface area contributed by atoms with Crippen molar-refractivity contribution in [2.75, 3.05) is 0 Å². The van der Waals surface area contributed by atoms with Gasteiger partial charge in [-0.15, -0.1) is 10.2 Å². The van der Waals surface area contributed by atoms with Crippen LogP contribution in [0.5, 0.6) is 0 Å². The van der Waals surface area contributed by atoms with Gasteiger partial charge in [0, 0.05) is 16.3 Å². The van der Waals surface area contributed by atoms with E-state index in [1.54, 1.807) is 32.9 Å². The van der Waals surface area contributed by atoms with Crippen LogP contribution >= 0.6 is 23.4 Å². The van der Waals surface area contributed by atoms with E-state index in [0.717, 1.165) is 0 Å². The first-order valence-corrected chi connectivity index (χ1v) is 9.82. The van der Waals surface area contributed by atoms with E-state index in [4.69, 9.17) is 20.8 Å². The molecule has 1 heterocycles. The Morgan fingerprint density at radius 3 is 2.67 bits per heavy atom. The van der Waals surface area contributed by atoms with Crippen molar-refractivity contribution in [1.29, 1.82) is 0 Å². The van der Waals surface area contributed by atoms with Gasteiger partial charge in [0.1, 0.15) is 17.5 Å². The third-order valence-corrected chi connectivity index (χ3v) is 4.63. The maximum Gasteiger partial charge on any atom is 0.408 e. The summed E-state index contributed by atoms with van der Waals surface area (Å²) in [6.07, 6.45) is -0.563. The number of carbonyl (C=O) groups is 1. The molecule has 0 aliphatic rings. The van der Waals surface area contributed by atoms with Gasteiger partial charge in [-0.1, -0.05) is 43.3 Å². The molecule has 2 rings (SSSR count). The SMILES string of the molecule is CC(C)C(NC(=O)OC(C)(C)C)c1nnc(SCc2c(F)cccc2Cl)o1. The number of hydrogen-bond donors (Lipinski definition) is 1. The van der Waals surface area contributed by atoms with Gasteiger partial charge in [-0.2, -0.15) is 0 Å². The van der Waals surface area contributed by atoms with E-state index in [2.05, 4.69) is 15.5 Å². The third kappa shape index (κ3) is 6.39. The highest BCUT2D eigenvalue weighted by atomic mass is 35.5. The summed E-state index contributed by atoms with van der Waals surface area (Å²) in [6, 6.07) is 4.02. The molecular formula is C18H23ClFN3O3S. The van der Waals surface area contributed by atoms with Gasteiger partial charge in [0.2, 0.25) is 5.89 Å². The van der Waals surface area contributed by atoms with Crippen LogP contribution in [-0.2, 0) is 10.5 Å². The fourth-order valence-electron chi connectivity index (χ4n) is 2.16. The van der Waals surface area contributed by atoms with Crippen molar-refractivity contribution in [3.05, 3.63) is 40.5 Å². The second-order valence-corrected chi connectivity index (χ2v) is 8.60. The van der Waals surface area contributed by atoms with Crippen LogP contribution < -0.4 is 5.32 Å². The first kappa shape index (κ1) is 21.5. The molecule has 0 aliphatic heterocycles. The van der Waals surface area contributed by atoms with Gasteiger partial charge in [-0.05, 0) is 38.8 Å². The standard InChI is InChI=1S/C18H23ClFN3O3S/c1-10(2)14(21-16(24)26-18(3,4)5)15-22-23-17(25-15)27-9-11-12(19)7-6-8-13(11)20/h6-8,10,14H,9H2,1-5H3,(H,21,24). The first-order valence-electron chi connectivity index (χ1n) is 8.45. The smallest absolute Gasteiger partial charge is 0.408 e. The molecule has 6 nitrogen and oxygen atoms in total. The van der Waals surface area contributed by atoms with Crippen molar-refractivity contribution in [1.82, 2.24) is 15.5 Å². The Balaban J connectivity index is 2.06. The molecule has 1 aromatic heterocycles. The lowest BCUT2D eigenvalue weighted by molar-refractivity contribution is 0.0477. The largest absolute Gasteiger partial charge is 0.444 e. The van der Waals surface area contributed by atoms with E-state index in [-0.39, 0.29) is 28.6 Å². The Kier molecular flexibility index (Phi) is 7.11. The van der Waals surface area contributed by atoms with E-state index in [0.29, 0.717) is 10.6 Å². The Morgan fingerprint density at radius 1 is 1.37 bits per heavy atom. The molecule has 1 amide bonds. The number of ether oxygens (including phenoxy) is 1. The molecule has 2 aromatic rings. The van der Waals surface area contributed by atoms with Crippen LogP contribution in [0.25, 0.3) is 0 Å². The second kappa shape index (κ2) is 8.93. The summed E-state index contributed by atoms with van der Waals surface area (Å²) in [7, 11) is 0. The van der Waals surface area contributed by atoms with Crippen molar-refractivity contribution >= 4 is 29.5 Å². The van der Waals surface area contributed by atoms with Crippen LogP contribution in [0.4, 0.5) is 9.18 Å². The van der Waals surface area contributed by atoms with Gasteiger partial charge >= 0.3 is 6.09 Å². The van der Waals surface area contributed by atoms with Gasteiger partial charge < -0.3 is 14.5 Å². The molecular weight excluding hydrogens is 393 g/mol. The van der Waals surface area contributed by atoms with E-state index in [1.807, 2.05) is 13.8 Å². The van der Waals surface area contributed by atoms with Crippen molar-refractivity contribution in [2.45, 2.75) is 57.2 Å². The van der Waals surface area contributed by atoms with E-state index in [9.17, 15) is 9.18 Å². The molecule has 1 atom stereocenters. The number of amides is 1. The summed E-state index contributed by atoms with van der Waals surface area (Å²) in [5.74, 6) is 0.120. The van der Waals surface area contributed by atoms with Crippen molar-refractivity contribution < 1.29 is 18.3 Å². The summed E-state index contributed by atoms with van der Waals surface area (Å²) in [5, 5.41) is 11.3. The zero-order valence-corrected chi connectivity index (χ0v) is 17.4. The van der Waals surface area contributed by atoms with Gasteiger partial charge in [0.15, 0.2) is 0 Å². The predicted molar refractivity (Wildman–Crippen MR) is 102 cm³/mol. The number of nitrogens with zero attached hydrogens (tertiary/aromatic N) is 2. The Bertz CT molecular complexity index is 772. The average molecular weight is 416 g/mol. The van der Waals surface area contributed by atoms with E-state index in [1.165, 1.54) is 17.8 Å². The molecule has 0 spiro atoms. The molecule has 1 unspecified atom stereocenters. The summed E-state index contributed by atoms with van der Waals surface area (Å²) < 4.78 is 24.8. The molecule has 0 saturated carbocycles. The number of thioether (sulfide) groups is 1. The van der Waals surface area contributed by atoms with Crippen molar-refractivity contribution in [3.8, 4) is 0 Å². The zero-order valence-electron chi connectivity index (χ0n) is 15.9. The zero-order chi connectivity index (χ0) is 20.2. The average Bonchev–Trinajstić information content (AvgIpc) is 2.98. The summed E-state index contributed by atoms with van der Waals surface area (Å²) in [4.78, 5) is 12.1. The molecule has 0 aliphatic carbocycles. The van der Waals surface area contributed by atoms with Crippen LogP contribution in [0.3, 0.4) is 0 Å². The fourth-order valence-corrected chi connectivity index (χ4v) is 3.27. The van der Waals surface area contributed by atoms with Gasteiger partial charge in [0.05, 0.1) is 0 Å². The Morgan fingerprint density at radius 2 is 2.07 bits per heavy atom. The maximum absolute atomic E-state index is 13.8. The number of halogens is 2. The van der Waals surface area contributed by atoms with Crippen LogP contribution in [0.1, 0.15) is 52.1 Å². The number of aromatic nitrogens is 2. The minimum atomic E-state index is -0.611. The number of carbonyl (C=O) groups excluding carboxylic acids is 1. The summed E-state index contributed by atoms with van der Waals surface area (Å²) in [5.41, 5.74) is -0.239. The maximum atomic E-state index is 13.8. The molecule has 0 bridgehead atoms. The topological polar surface area (TPSA) is 77.2 Å². The molecule has 148 valence electrons. The minimum absolute atomic E-state index is 0.00293. The minimum Gasteiger partial charge on any atom is -0.444 e. The summed E-state index contributed by atoms with van der Waals surface area (Å²) >= 11 is 7.19. The quantitative estimate of drug-likeness (QED) is 0.638. The monoisotopic (exact) mass is 415 g/mol. The molecule has 0 fully saturated rings. The van der Waals surface area contributed by atoms with Gasteiger partial charge in [-0.25, -0.2) is 9.18 Å². The molecule has 9 heteroatoms. The predicted octanol–water partition coefficient (Wildman–Crippen LogP) is 5.38. The highest BCUT2D eigenvalue weighted by Gasteiger charge is 2.27. The summed E-state index contributed by atoms with van der Waals surface area (Å²) in [6.45, 7) is 9.18. The van der Waals surface area contributed by atoms with Gasteiger partial charge in [0.25, 0.3) is 5.22 Å². The molecule has 1 N–H and O–H groups in total. The fraction of sp³-hybridized carbons (Fsp3) is 0.500. The van der Waals surface area contributed by atoms with Crippen molar-refractivity contribution in [2.24, 2.45) is 5.92 Å². The van der Waals surface area contributed by atoms with E-state index >= 15 is 0 Å². The lowest BCUT2D eigenvalue weighted by atomic mass is 10.1. The number of nitrogens with one attached hydrogen (secondary N) is 1. The highest BCUT2D eigenvalue weighted by molar-refractivity contribution is 7.98. The normalized spacial score (nSPS) is 12.9. The van der Waals surface area contributed by atoms with Crippen molar-refractivity contribution in [3.63, 3.8) is 0 Å². The van der Waals surface area contributed by atoms with Crippen LogP contribution in [0, 0.1) is 11.7 Å². The molecule has 0 saturated heterocycles. The van der Waals surface area contributed by atoms with Gasteiger partial charge in [-0.3, -0.25) is 0 Å². The first-order chi connectivity index (χ1) is 12.6. The highest BCUT2D eigenvalue weighted by Crippen LogP contribution is 2.30. The molecule has 0 radical (unpaired) electrons. The number of rotatable bonds is 6. The third-order valence-electron chi connectivity index (χ3n) is 3.43. The lowest BCUT2D eigenvalue weighted by Gasteiger charge is -2.23. The number of benzene rings is 1. The molecule has 27 heavy (non-hydrogen) atoms. The second-order valence-electron chi connectivity index (χ2n) is 7.26. The Labute approximate surface area is 167 Å². The van der Waals surface area contributed by atoms with E-state index < -0.39 is 17.7 Å². The number of hydrogen-bond acceptors (Lipinski definition) is 6. The number of alkyl carbamates (subject to hydrolysis) is 1. The lowest BCUT2D eigenvalue weighted by Crippen LogP contribution is -2.37. The van der Waals surface area contributed by atoms with Crippen LogP contribution in [0.2, 0.25) is 5.02 Å².